The number of hydrogen-bond donors (Lipinski definition) is 0. The van der Waals surface area contributed by atoms with Gasteiger partial charge in [-0.2, -0.15) is 0 Å². The van der Waals surface area contributed by atoms with Crippen LogP contribution in [0.15, 0.2) is 24.3 Å². The molecule has 1 fully saturated rings. The minimum Gasteiger partial charge on any atom is -0.426 e. The van der Waals surface area contributed by atoms with Gasteiger partial charge in [-0.05, 0) is 44.0 Å². The van der Waals surface area contributed by atoms with E-state index in [1.54, 1.807) is 24.3 Å². The Labute approximate surface area is 94.4 Å². The van der Waals surface area contributed by atoms with Crippen molar-refractivity contribution in [3.05, 3.63) is 29.8 Å². The van der Waals surface area contributed by atoms with Crippen LogP contribution in [-0.2, 0) is 4.79 Å². The molecule has 0 bridgehead atoms. The Kier molecular flexibility index (Phi) is 3.04. The van der Waals surface area contributed by atoms with Crippen LogP contribution in [0.1, 0.15) is 36.5 Å². The molecular formula is C13H14O3. The lowest BCUT2D eigenvalue weighted by Crippen LogP contribution is -2.26. The van der Waals surface area contributed by atoms with E-state index in [-0.39, 0.29) is 17.7 Å². The quantitative estimate of drug-likeness (QED) is 0.445. The van der Waals surface area contributed by atoms with Crippen molar-refractivity contribution in [3.63, 3.8) is 0 Å². The van der Waals surface area contributed by atoms with E-state index >= 15 is 0 Å². The predicted octanol–water partition coefficient (Wildman–Crippen LogP) is 2.59. The zero-order chi connectivity index (χ0) is 11.5. The van der Waals surface area contributed by atoms with E-state index in [9.17, 15) is 9.59 Å². The molecule has 16 heavy (non-hydrogen) atoms. The average molecular weight is 218 g/mol. The van der Waals surface area contributed by atoms with Crippen molar-refractivity contribution >= 4 is 11.8 Å². The van der Waals surface area contributed by atoms with Crippen molar-refractivity contribution in [2.75, 3.05) is 0 Å². The first kappa shape index (κ1) is 10.9. The van der Waals surface area contributed by atoms with Gasteiger partial charge in [-0.15, -0.1) is 0 Å². The summed E-state index contributed by atoms with van der Waals surface area (Å²) in [4.78, 5) is 22.6. The van der Waals surface area contributed by atoms with Crippen LogP contribution in [0.5, 0.6) is 5.75 Å². The second kappa shape index (κ2) is 4.47. The van der Waals surface area contributed by atoms with Gasteiger partial charge in [0.1, 0.15) is 5.75 Å². The average Bonchev–Trinajstić information content (AvgIpc) is 2.15. The van der Waals surface area contributed by atoms with Crippen molar-refractivity contribution in [2.45, 2.75) is 26.2 Å². The van der Waals surface area contributed by atoms with Gasteiger partial charge in [-0.3, -0.25) is 9.59 Å². The van der Waals surface area contributed by atoms with Crippen molar-refractivity contribution in [3.8, 4) is 5.75 Å². The number of esters is 1. The van der Waals surface area contributed by atoms with Crippen LogP contribution in [0.2, 0.25) is 0 Å². The lowest BCUT2D eigenvalue weighted by atomic mass is 9.86. The molecule has 1 aromatic rings. The van der Waals surface area contributed by atoms with Gasteiger partial charge in [0, 0.05) is 5.56 Å². The highest BCUT2D eigenvalue weighted by Gasteiger charge is 2.26. The molecule has 0 aliphatic heterocycles. The molecule has 1 aromatic carbocycles. The van der Waals surface area contributed by atoms with Crippen molar-refractivity contribution in [1.82, 2.24) is 0 Å². The topological polar surface area (TPSA) is 43.4 Å². The van der Waals surface area contributed by atoms with Gasteiger partial charge in [-0.1, -0.05) is 6.42 Å². The molecule has 0 amide bonds. The van der Waals surface area contributed by atoms with Gasteiger partial charge < -0.3 is 4.74 Å². The fraction of sp³-hybridized carbons (Fsp3) is 0.385. The highest BCUT2D eigenvalue weighted by atomic mass is 16.5. The normalized spacial score (nSPS) is 15.3. The molecular weight excluding hydrogens is 204 g/mol. The van der Waals surface area contributed by atoms with Crippen molar-refractivity contribution in [2.24, 2.45) is 5.92 Å². The fourth-order valence-electron chi connectivity index (χ4n) is 1.60. The number of hydrogen-bond acceptors (Lipinski definition) is 3. The summed E-state index contributed by atoms with van der Waals surface area (Å²) in [6.45, 7) is 1.51. The standard InChI is InChI=1S/C13H14O3/c1-9(14)10-5-7-12(8-6-10)16-13(15)11-3-2-4-11/h5-8,11H,2-4H2,1H3. The summed E-state index contributed by atoms with van der Waals surface area (Å²) in [7, 11) is 0. The molecule has 1 saturated carbocycles. The third-order valence-corrected chi connectivity index (χ3v) is 2.92. The minimum atomic E-state index is -0.151. The highest BCUT2D eigenvalue weighted by molar-refractivity contribution is 5.94. The van der Waals surface area contributed by atoms with Crippen molar-refractivity contribution in [1.29, 1.82) is 0 Å². The van der Waals surface area contributed by atoms with Gasteiger partial charge in [0.15, 0.2) is 5.78 Å². The van der Waals surface area contributed by atoms with Gasteiger partial charge in [0.05, 0.1) is 5.92 Å². The molecule has 0 radical (unpaired) electrons. The molecule has 0 aromatic heterocycles. The molecule has 0 heterocycles. The molecule has 0 atom stereocenters. The van der Waals surface area contributed by atoms with Gasteiger partial charge in [0.25, 0.3) is 0 Å². The lowest BCUT2D eigenvalue weighted by Gasteiger charge is -2.22. The van der Waals surface area contributed by atoms with E-state index in [1.807, 2.05) is 0 Å². The Hall–Kier alpha value is -1.64. The van der Waals surface area contributed by atoms with Gasteiger partial charge in [-0.25, -0.2) is 0 Å². The zero-order valence-corrected chi connectivity index (χ0v) is 9.23. The maximum Gasteiger partial charge on any atom is 0.314 e. The van der Waals surface area contributed by atoms with E-state index in [2.05, 4.69) is 0 Å². The Bertz CT molecular complexity index is 402. The molecule has 3 heteroatoms. The van der Waals surface area contributed by atoms with Crippen LogP contribution in [0.3, 0.4) is 0 Å². The molecule has 0 N–H and O–H groups in total. The summed E-state index contributed by atoms with van der Waals surface area (Å²) in [5.74, 6) is 0.452. The van der Waals surface area contributed by atoms with E-state index in [0.717, 1.165) is 19.3 Å². The molecule has 3 nitrogen and oxygen atoms in total. The first-order chi connectivity index (χ1) is 7.66. The van der Waals surface area contributed by atoms with E-state index in [1.165, 1.54) is 6.92 Å². The molecule has 84 valence electrons. The second-order valence-corrected chi connectivity index (χ2v) is 4.13. The third kappa shape index (κ3) is 2.30. The summed E-state index contributed by atoms with van der Waals surface area (Å²) in [5, 5.41) is 0. The summed E-state index contributed by atoms with van der Waals surface area (Å²) >= 11 is 0. The molecule has 0 spiro atoms. The lowest BCUT2D eigenvalue weighted by molar-refractivity contribution is -0.141. The third-order valence-electron chi connectivity index (χ3n) is 2.92. The van der Waals surface area contributed by atoms with Crippen LogP contribution >= 0.6 is 0 Å². The fourth-order valence-corrected chi connectivity index (χ4v) is 1.60. The summed E-state index contributed by atoms with van der Waals surface area (Å²) < 4.78 is 5.20. The molecule has 2 rings (SSSR count). The Morgan fingerprint density at radius 3 is 2.25 bits per heavy atom. The van der Waals surface area contributed by atoms with Gasteiger partial charge >= 0.3 is 5.97 Å². The number of carbonyl (C=O) groups excluding carboxylic acids is 2. The predicted molar refractivity (Wildman–Crippen MR) is 59.4 cm³/mol. The Morgan fingerprint density at radius 1 is 1.19 bits per heavy atom. The largest absolute Gasteiger partial charge is 0.426 e. The number of ketones is 1. The molecule has 0 unspecified atom stereocenters. The highest BCUT2D eigenvalue weighted by Crippen LogP contribution is 2.28. The first-order valence-electron chi connectivity index (χ1n) is 5.49. The molecule has 0 saturated heterocycles. The number of carbonyl (C=O) groups is 2. The number of rotatable bonds is 3. The van der Waals surface area contributed by atoms with Crippen molar-refractivity contribution < 1.29 is 14.3 Å². The van der Waals surface area contributed by atoms with E-state index < -0.39 is 0 Å². The smallest absolute Gasteiger partial charge is 0.314 e. The van der Waals surface area contributed by atoms with Gasteiger partial charge in [0.2, 0.25) is 0 Å². The van der Waals surface area contributed by atoms with Crippen LogP contribution in [-0.4, -0.2) is 11.8 Å². The maximum atomic E-state index is 11.5. The monoisotopic (exact) mass is 218 g/mol. The van der Waals surface area contributed by atoms with Crippen LogP contribution in [0, 0.1) is 5.92 Å². The maximum absolute atomic E-state index is 11.5. The summed E-state index contributed by atoms with van der Waals surface area (Å²) in [5.41, 5.74) is 0.628. The summed E-state index contributed by atoms with van der Waals surface area (Å²) in [6.07, 6.45) is 2.98. The Morgan fingerprint density at radius 2 is 1.81 bits per heavy atom. The molecule has 1 aliphatic rings. The summed E-state index contributed by atoms with van der Waals surface area (Å²) in [6, 6.07) is 6.66. The number of Topliss-reactive ketones (excluding diaryl/α,β-unsaturated/α-hetero) is 1. The Balaban J connectivity index is 1.99. The number of benzene rings is 1. The number of ether oxygens (including phenoxy) is 1. The SMILES string of the molecule is CC(=O)c1ccc(OC(=O)C2CCC2)cc1. The van der Waals surface area contributed by atoms with Crippen LogP contribution in [0.4, 0.5) is 0 Å². The first-order valence-corrected chi connectivity index (χ1v) is 5.49. The van der Waals surface area contributed by atoms with Crippen LogP contribution < -0.4 is 4.74 Å². The minimum absolute atomic E-state index is 0.0110. The van der Waals surface area contributed by atoms with E-state index in [4.69, 9.17) is 4.74 Å². The van der Waals surface area contributed by atoms with E-state index in [0.29, 0.717) is 11.3 Å². The molecule has 1 aliphatic carbocycles. The second-order valence-electron chi connectivity index (χ2n) is 4.13. The zero-order valence-electron chi connectivity index (χ0n) is 9.23. The van der Waals surface area contributed by atoms with Crippen LogP contribution in [0.25, 0.3) is 0 Å².